The zero-order valence-electron chi connectivity index (χ0n) is 10.6. The Bertz CT molecular complexity index is 545. The molecule has 0 saturated heterocycles. The van der Waals surface area contributed by atoms with Crippen LogP contribution in [0.2, 0.25) is 0 Å². The van der Waals surface area contributed by atoms with Crippen LogP contribution in [0.4, 0.5) is 5.69 Å². The van der Waals surface area contributed by atoms with Crippen LogP contribution in [0.25, 0.3) is 0 Å². The van der Waals surface area contributed by atoms with Crippen LogP contribution in [0, 0.1) is 0 Å². The van der Waals surface area contributed by atoms with Gasteiger partial charge in [0.05, 0.1) is 6.54 Å². The maximum Gasteiger partial charge on any atom is 0.123 e. The molecule has 0 fully saturated rings. The summed E-state index contributed by atoms with van der Waals surface area (Å²) < 4.78 is 5.90. The molecule has 0 spiro atoms. The standard InChI is InChI=1S/C16H16ClNO/c17-10-12-4-3-6-14(8-12)18-11-15-9-13-5-1-2-7-16(13)19-15/h1-8,15,18H,9-11H2. The summed E-state index contributed by atoms with van der Waals surface area (Å²) in [4.78, 5) is 0. The van der Waals surface area contributed by atoms with Gasteiger partial charge in [-0.3, -0.25) is 0 Å². The number of fused-ring (bicyclic) bond motifs is 1. The highest BCUT2D eigenvalue weighted by Gasteiger charge is 2.21. The Hall–Kier alpha value is -1.67. The van der Waals surface area contributed by atoms with Crippen molar-refractivity contribution in [3.05, 3.63) is 59.7 Å². The van der Waals surface area contributed by atoms with Gasteiger partial charge in [0, 0.05) is 18.0 Å². The summed E-state index contributed by atoms with van der Waals surface area (Å²) in [5.41, 5.74) is 3.52. The molecule has 19 heavy (non-hydrogen) atoms. The maximum absolute atomic E-state index is 5.90. The van der Waals surface area contributed by atoms with Gasteiger partial charge in [0.1, 0.15) is 11.9 Å². The first-order valence-corrected chi connectivity index (χ1v) is 7.02. The number of hydrogen-bond donors (Lipinski definition) is 1. The Morgan fingerprint density at radius 3 is 2.89 bits per heavy atom. The molecule has 1 unspecified atom stereocenters. The summed E-state index contributed by atoms with van der Waals surface area (Å²) in [5.74, 6) is 1.56. The summed E-state index contributed by atoms with van der Waals surface area (Å²) in [6, 6.07) is 16.4. The van der Waals surface area contributed by atoms with E-state index < -0.39 is 0 Å². The fourth-order valence-corrected chi connectivity index (χ4v) is 2.53. The van der Waals surface area contributed by atoms with Gasteiger partial charge in [-0.2, -0.15) is 0 Å². The van der Waals surface area contributed by atoms with E-state index in [1.54, 1.807) is 0 Å². The van der Waals surface area contributed by atoms with Crippen LogP contribution in [0.5, 0.6) is 5.75 Å². The van der Waals surface area contributed by atoms with Gasteiger partial charge in [0.15, 0.2) is 0 Å². The lowest BCUT2D eigenvalue weighted by Gasteiger charge is -2.13. The number of para-hydroxylation sites is 1. The summed E-state index contributed by atoms with van der Waals surface area (Å²) in [6.07, 6.45) is 1.18. The zero-order valence-corrected chi connectivity index (χ0v) is 11.4. The number of alkyl halides is 1. The molecule has 0 radical (unpaired) electrons. The molecule has 1 aliphatic heterocycles. The van der Waals surface area contributed by atoms with Crippen molar-refractivity contribution in [3.63, 3.8) is 0 Å². The molecule has 0 aliphatic carbocycles. The quantitative estimate of drug-likeness (QED) is 0.855. The van der Waals surface area contributed by atoms with E-state index in [0.29, 0.717) is 5.88 Å². The smallest absolute Gasteiger partial charge is 0.123 e. The third kappa shape index (κ3) is 2.85. The number of ether oxygens (including phenoxy) is 1. The molecule has 0 bridgehead atoms. The highest BCUT2D eigenvalue weighted by molar-refractivity contribution is 6.17. The minimum Gasteiger partial charge on any atom is -0.488 e. The molecule has 2 aromatic rings. The van der Waals surface area contributed by atoms with Crippen molar-refractivity contribution < 1.29 is 4.74 Å². The Kier molecular flexibility index (Phi) is 3.60. The Labute approximate surface area is 118 Å². The lowest BCUT2D eigenvalue weighted by atomic mass is 10.1. The molecule has 1 aliphatic rings. The molecule has 3 heteroatoms. The van der Waals surface area contributed by atoms with Crippen molar-refractivity contribution in [2.24, 2.45) is 0 Å². The molecule has 98 valence electrons. The van der Waals surface area contributed by atoms with Crippen LogP contribution in [0.15, 0.2) is 48.5 Å². The molecule has 1 atom stereocenters. The van der Waals surface area contributed by atoms with Crippen molar-refractivity contribution in [1.29, 1.82) is 0 Å². The first-order valence-electron chi connectivity index (χ1n) is 6.48. The largest absolute Gasteiger partial charge is 0.488 e. The number of nitrogens with one attached hydrogen (secondary N) is 1. The van der Waals surface area contributed by atoms with Gasteiger partial charge in [0.2, 0.25) is 0 Å². The Balaban J connectivity index is 1.59. The van der Waals surface area contributed by atoms with Gasteiger partial charge < -0.3 is 10.1 Å². The van der Waals surface area contributed by atoms with Crippen molar-refractivity contribution in [2.45, 2.75) is 18.4 Å². The van der Waals surface area contributed by atoms with E-state index in [0.717, 1.165) is 30.0 Å². The number of halogens is 1. The lowest BCUT2D eigenvalue weighted by Crippen LogP contribution is -2.23. The molecule has 1 heterocycles. The van der Waals surface area contributed by atoms with Crippen molar-refractivity contribution in [1.82, 2.24) is 0 Å². The second-order valence-electron chi connectivity index (χ2n) is 4.77. The second-order valence-corrected chi connectivity index (χ2v) is 5.03. The van der Waals surface area contributed by atoms with Crippen molar-refractivity contribution >= 4 is 17.3 Å². The Morgan fingerprint density at radius 1 is 1.16 bits per heavy atom. The Morgan fingerprint density at radius 2 is 2.05 bits per heavy atom. The fourth-order valence-electron chi connectivity index (χ4n) is 2.36. The van der Waals surface area contributed by atoms with Crippen LogP contribution in [0.3, 0.4) is 0 Å². The minimum absolute atomic E-state index is 0.206. The SMILES string of the molecule is ClCc1cccc(NCC2Cc3ccccc3O2)c1. The average Bonchev–Trinajstić information content (AvgIpc) is 2.88. The lowest BCUT2D eigenvalue weighted by molar-refractivity contribution is 0.246. The third-order valence-electron chi connectivity index (χ3n) is 3.33. The molecule has 1 N–H and O–H groups in total. The second kappa shape index (κ2) is 5.54. The number of benzene rings is 2. The molecule has 0 amide bonds. The van der Waals surface area contributed by atoms with Gasteiger partial charge in [-0.15, -0.1) is 11.6 Å². The molecule has 2 aromatic carbocycles. The molecule has 0 saturated carbocycles. The van der Waals surface area contributed by atoms with E-state index in [-0.39, 0.29) is 6.10 Å². The van der Waals surface area contributed by atoms with E-state index in [4.69, 9.17) is 16.3 Å². The van der Waals surface area contributed by atoms with E-state index in [9.17, 15) is 0 Å². The molecular formula is C16H16ClNO. The predicted molar refractivity (Wildman–Crippen MR) is 79.1 cm³/mol. The zero-order chi connectivity index (χ0) is 13.1. The molecular weight excluding hydrogens is 258 g/mol. The van der Waals surface area contributed by atoms with E-state index in [1.807, 2.05) is 24.3 Å². The summed E-state index contributed by atoms with van der Waals surface area (Å²) in [5, 5.41) is 3.41. The monoisotopic (exact) mass is 273 g/mol. The van der Waals surface area contributed by atoms with Crippen molar-refractivity contribution in [3.8, 4) is 5.75 Å². The van der Waals surface area contributed by atoms with E-state index >= 15 is 0 Å². The number of hydrogen-bond acceptors (Lipinski definition) is 2. The number of anilines is 1. The molecule has 3 rings (SSSR count). The summed E-state index contributed by atoms with van der Waals surface area (Å²) in [7, 11) is 0. The van der Waals surface area contributed by atoms with E-state index in [1.165, 1.54) is 5.56 Å². The molecule has 2 nitrogen and oxygen atoms in total. The highest BCUT2D eigenvalue weighted by atomic mass is 35.5. The van der Waals surface area contributed by atoms with E-state index in [2.05, 4.69) is 29.6 Å². The first-order chi connectivity index (χ1) is 9.35. The summed E-state index contributed by atoms with van der Waals surface area (Å²) in [6.45, 7) is 0.806. The fraction of sp³-hybridized carbons (Fsp3) is 0.250. The van der Waals surface area contributed by atoms with Crippen LogP contribution in [0.1, 0.15) is 11.1 Å². The first kappa shape index (κ1) is 12.4. The normalized spacial score (nSPS) is 16.8. The molecule has 0 aromatic heterocycles. The van der Waals surface area contributed by atoms with Gasteiger partial charge in [0.25, 0.3) is 0 Å². The predicted octanol–water partition coefficient (Wildman–Crippen LogP) is 3.84. The topological polar surface area (TPSA) is 21.3 Å². The van der Waals surface area contributed by atoms with Gasteiger partial charge in [-0.05, 0) is 29.3 Å². The maximum atomic E-state index is 5.90. The third-order valence-corrected chi connectivity index (χ3v) is 3.64. The van der Waals surface area contributed by atoms with Crippen LogP contribution in [-0.2, 0) is 12.3 Å². The van der Waals surface area contributed by atoms with Gasteiger partial charge in [-0.25, -0.2) is 0 Å². The minimum atomic E-state index is 0.206. The average molecular weight is 274 g/mol. The van der Waals surface area contributed by atoms with Gasteiger partial charge >= 0.3 is 0 Å². The summed E-state index contributed by atoms with van der Waals surface area (Å²) >= 11 is 5.83. The highest BCUT2D eigenvalue weighted by Crippen LogP contribution is 2.28. The van der Waals surface area contributed by atoms with Crippen LogP contribution in [-0.4, -0.2) is 12.6 Å². The van der Waals surface area contributed by atoms with Gasteiger partial charge in [-0.1, -0.05) is 30.3 Å². The van der Waals surface area contributed by atoms with Crippen LogP contribution >= 0.6 is 11.6 Å². The van der Waals surface area contributed by atoms with Crippen molar-refractivity contribution in [2.75, 3.05) is 11.9 Å². The van der Waals surface area contributed by atoms with Crippen LogP contribution < -0.4 is 10.1 Å². The number of rotatable bonds is 4.